The molecule has 1 aromatic heterocycles. The second-order valence-corrected chi connectivity index (χ2v) is 4.50. The predicted octanol–water partition coefficient (Wildman–Crippen LogP) is 2.79. The van der Waals surface area contributed by atoms with Gasteiger partial charge >= 0.3 is 5.97 Å². The molecule has 0 spiro atoms. The fraction of sp³-hybridized carbons (Fsp3) is 0.333. The number of carbonyl (C=O) groups is 1. The van der Waals surface area contributed by atoms with Crippen LogP contribution in [0.3, 0.4) is 0 Å². The van der Waals surface area contributed by atoms with E-state index in [1.807, 2.05) is 26.0 Å². The summed E-state index contributed by atoms with van der Waals surface area (Å²) in [6, 6.07) is 5.75. The third kappa shape index (κ3) is 2.52. The summed E-state index contributed by atoms with van der Waals surface area (Å²) in [4.78, 5) is 15.8. The lowest BCUT2D eigenvalue weighted by Crippen LogP contribution is -2.25. The van der Waals surface area contributed by atoms with E-state index in [1.54, 1.807) is 19.2 Å². The van der Waals surface area contributed by atoms with Crippen LogP contribution in [0, 0.1) is 13.8 Å². The van der Waals surface area contributed by atoms with Crippen molar-refractivity contribution in [2.45, 2.75) is 26.9 Å². The Morgan fingerprint density at radius 3 is 2.68 bits per heavy atom. The number of pyridine rings is 1. The van der Waals surface area contributed by atoms with Gasteiger partial charge in [0.05, 0.1) is 12.6 Å². The zero-order chi connectivity index (χ0) is 14.0. The average Bonchev–Trinajstić information content (AvgIpc) is 2.42. The molecule has 1 atom stereocenters. The van der Waals surface area contributed by atoms with E-state index in [2.05, 4.69) is 9.72 Å². The molecule has 1 heterocycles. The van der Waals surface area contributed by atoms with Gasteiger partial charge in [0.25, 0.3) is 0 Å². The smallest absolute Gasteiger partial charge is 0.346 e. The molecular weight excluding hydrogens is 242 g/mol. The van der Waals surface area contributed by atoms with Crippen LogP contribution in [0.5, 0.6) is 5.75 Å². The summed E-state index contributed by atoms with van der Waals surface area (Å²) in [6.45, 7) is 5.73. The quantitative estimate of drug-likeness (QED) is 0.795. The van der Waals surface area contributed by atoms with Crippen LogP contribution in [0.1, 0.15) is 18.1 Å². The highest BCUT2D eigenvalue weighted by Crippen LogP contribution is 2.28. The Hall–Kier alpha value is -2.10. The molecule has 19 heavy (non-hydrogen) atoms. The SMILES string of the molecule is COC(=O)C(C)Oc1ccnc2c(C)c(C)ccc12. The van der Waals surface area contributed by atoms with Gasteiger partial charge in [0, 0.05) is 11.6 Å². The van der Waals surface area contributed by atoms with Gasteiger partial charge in [0.15, 0.2) is 6.10 Å². The molecule has 0 fully saturated rings. The van der Waals surface area contributed by atoms with Crippen LogP contribution in [0.25, 0.3) is 10.9 Å². The van der Waals surface area contributed by atoms with Crippen molar-refractivity contribution in [3.63, 3.8) is 0 Å². The Bertz CT molecular complexity index is 622. The predicted molar refractivity (Wildman–Crippen MR) is 73.3 cm³/mol. The van der Waals surface area contributed by atoms with Gasteiger partial charge in [-0.05, 0) is 44.0 Å². The number of hydrogen-bond acceptors (Lipinski definition) is 4. The molecule has 0 saturated carbocycles. The zero-order valence-corrected chi connectivity index (χ0v) is 11.6. The first-order chi connectivity index (χ1) is 9.04. The summed E-state index contributed by atoms with van der Waals surface area (Å²) in [6.07, 6.45) is 1.05. The van der Waals surface area contributed by atoms with Crippen LogP contribution in [0.4, 0.5) is 0 Å². The maximum absolute atomic E-state index is 11.4. The fourth-order valence-corrected chi connectivity index (χ4v) is 1.94. The Morgan fingerprint density at radius 2 is 2.00 bits per heavy atom. The minimum absolute atomic E-state index is 0.395. The molecule has 0 bridgehead atoms. The summed E-state index contributed by atoms with van der Waals surface area (Å²) in [5.74, 6) is 0.250. The highest BCUT2D eigenvalue weighted by atomic mass is 16.6. The van der Waals surface area contributed by atoms with Crippen molar-refractivity contribution in [1.82, 2.24) is 4.98 Å². The number of aryl methyl sites for hydroxylation is 2. The first-order valence-corrected chi connectivity index (χ1v) is 6.14. The molecule has 1 unspecified atom stereocenters. The van der Waals surface area contributed by atoms with Crippen molar-refractivity contribution in [2.75, 3.05) is 7.11 Å². The van der Waals surface area contributed by atoms with Crippen molar-refractivity contribution in [1.29, 1.82) is 0 Å². The Morgan fingerprint density at radius 1 is 1.26 bits per heavy atom. The van der Waals surface area contributed by atoms with Gasteiger partial charge in [0.1, 0.15) is 5.75 Å². The number of carbonyl (C=O) groups excluding carboxylic acids is 1. The number of benzene rings is 1. The van der Waals surface area contributed by atoms with Crippen molar-refractivity contribution in [2.24, 2.45) is 0 Å². The number of fused-ring (bicyclic) bond motifs is 1. The van der Waals surface area contributed by atoms with Gasteiger partial charge in [-0.25, -0.2) is 4.79 Å². The van der Waals surface area contributed by atoms with Crippen LogP contribution < -0.4 is 4.74 Å². The first-order valence-electron chi connectivity index (χ1n) is 6.14. The van der Waals surface area contributed by atoms with E-state index in [1.165, 1.54) is 12.7 Å². The van der Waals surface area contributed by atoms with E-state index < -0.39 is 12.1 Å². The highest BCUT2D eigenvalue weighted by molar-refractivity contribution is 5.88. The van der Waals surface area contributed by atoms with Crippen molar-refractivity contribution < 1.29 is 14.3 Å². The number of nitrogens with zero attached hydrogens (tertiary/aromatic N) is 1. The van der Waals surface area contributed by atoms with Crippen LogP contribution in [-0.2, 0) is 9.53 Å². The second-order valence-electron chi connectivity index (χ2n) is 4.50. The number of esters is 1. The highest BCUT2D eigenvalue weighted by Gasteiger charge is 2.16. The van der Waals surface area contributed by atoms with E-state index in [-0.39, 0.29) is 0 Å². The molecule has 0 radical (unpaired) electrons. The molecule has 2 rings (SSSR count). The van der Waals surface area contributed by atoms with Gasteiger partial charge < -0.3 is 9.47 Å². The van der Waals surface area contributed by atoms with Gasteiger partial charge in [-0.15, -0.1) is 0 Å². The second kappa shape index (κ2) is 5.26. The molecule has 2 aromatic rings. The van der Waals surface area contributed by atoms with Crippen LogP contribution in [-0.4, -0.2) is 24.2 Å². The molecular formula is C15H17NO3. The number of ether oxygens (including phenoxy) is 2. The van der Waals surface area contributed by atoms with E-state index in [9.17, 15) is 4.79 Å². The zero-order valence-electron chi connectivity index (χ0n) is 11.6. The van der Waals surface area contributed by atoms with Crippen LogP contribution in [0.2, 0.25) is 0 Å². The summed E-state index contributed by atoms with van der Waals surface area (Å²) in [5.41, 5.74) is 3.20. The lowest BCUT2D eigenvalue weighted by atomic mass is 10.1. The van der Waals surface area contributed by atoms with Gasteiger partial charge in [-0.3, -0.25) is 4.98 Å². The Balaban J connectivity index is 2.45. The molecule has 0 aliphatic carbocycles. The summed E-state index contributed by atoms with van der Waals surface area (Å²) < 4.78 is 10.3. The Labute approximate surface area is 112 Å². The monoisotopic (exact) mass is 259 g/mol. The third-order valence-corrected chi connectivity index (χ3v) is 3.23. The lowest BCUT2D eigenvalue weighted by Gasteiger charge is -2.15. The average molecular weight is 259 g/mol. The molecule has 1 aromatic carbocycles. The van der Waals surface area contributed by atoms with E-state index >= 15 is 0 Å². The fourth-order valence-electron chi connectivity index (χ4n) is 1.94. The number of methoxy groups -OCH3 is 1. The first kappa shape index (κ1) is 13.3. The molecule has 0 amide bonds. The summed E-state index contributed by atoms with van der Waals surface area (Å²) >= 11 is 0. The molecule has 0 aliphatic rings. The van der Waals surface area contributed by atoms with E-state index in [4.69, 9.17) is 4.74 Å². The summed E-state index contributed by atoms with van der Waals surface area (Å²) in [7, 11) is 1.35. The molecule has 4 nitrogen and oxygen atoms in total. The van der Waals surface area contributed by atoms with Crippen molar-refractivity contribution in [3.05, 3.63) is 35.5 Å². The molecule has 4 heteroatoms. The van der Waals surface area contributed by atoms with Gasteiger partial charge in [0.2, 0.25) is 0 Å². The van der Waals surface area contributed by atoms with Crippen molar-refractivity contribution in [3.8, 4) is 5.75 Å². The normalized spacial score (nSPS) is 12.2. The minimum atomic E-state index is -0.641. The Kier molecular flexibility index (Phi) is 3.69. The topological polar surface area (TPSA) is 48.4 Å². The van der Waals surface area contributed by atoms with E-state index in [0.717, 1.165) is 16.5 Å². The van der Waals surface area contributed by atoms with Gasteiger partial charge in [-0.2, -0.15) is 0 Å². The lowest BCUT2D eigenvalue weighted by molar-refractivity contribution is -0.147. The number of rotatable bonds is 3. The molecule has 0 saturated heterocycles. The number of aromatic nitrogens is 1. The standard InChI is InChI=1S/C15H17NO3/c1-9-5-6-12-13(19-11(3)15(17)18-4)7-8-16-14(12)10(9)2/h5-8,11H,1-4H3. The number of hydrogen-bond donors (Lipinski definition) is 0. The maximum atomic E-state index is 11.4. The van der Waals surface area contributed by atoms with Gasteiger partial charge in [-0.1, -0.05) is 6.07 Å². The van der Waals surface area contributed by atoms with Crippen LogP contribution in [0.15, 0.2) is 24.4 Å². The summed E-state index contributed by atoms with van der Waals surface area (Å²) in [5, 5.41) is 0.904. The molecule has 100 valence electrons. The molecule has 0 aliphatic heterocycles. The largest absolute Gasteiger partial charge is 0.478 e. The van der Waals surface area contributed by atoms with Crippen LogP contribution >= 0.6 is 0 Å². The third-order valence-electron chi connectivity index (χ3n) is 3.23. The minimum Gasteiger partial charge on any atom is -0.478 e. The maximum Gasteiger partial charge on any atom is 0.346 e. The van der Waals surface area contributed by atoms with E-state index in [0.29, 0.717) is 5.75 Å². The van der Waals surface area contributed by atoms with Crippen molar-refractivity contribution >= 4 is 16.9 Å². The molecule has 0 N–H and O–H groups in total.